The predicted molar refractivity (Wildman–Crippen MR) is 34.0 cm³/mol. The molecule has 0 bridgehead atoms. The smallest absolute Gasteiger partial charge is 0.335 e. The monoisotopic (exact) mass is 127 g/mol. The van der Waals surface area contributed by atoms with Crippen molar-refractivity contribution in [2.24, 2.45) is 10.8 Å². The van der Waals surface area contributed by atoms with Crippen molar-refractivity contribution < 1.29 is 4.79 Å². The van der Waals surface area contributed by atoms with Crippen molar-refractivity contribution in [2.45, 2.75) is 19.4 Å². The van der Waals surface area contributed by atoms with E-state index in [0.717, 1.165) is 6.42 Å². The summed E-state index contributed by atoms with van der Waals surface area (Å²) in [5, 5.41) is 5.03. The largest absolute Gasteiger partial charge is 0.350 e. The fraction of sp³-hybridized carbons (Fsp3) is 0.600. The topological polar surface area (TPSA) is 58.7 Å². The fourth-order valence-electron chi connectivity index (χ4n) is 0.775. The van der Waals surface area contributed by atoms with Gasteiger partial charge >= 0.3 is 6.03 Å². The molecule has 0 aliphatic carbocycles. The molecule has 0 aromatic rings. The summed E-state index contributed by atoms with van der Waals surface area (Å²) in [4.78, 5) is 10.4. The summed E-state index contributed by atoms with van der Waals surface area (Å²) in [6.45, 7) is 1.90. The van der Waals surface area contributed by atoms with Gasteiger partial charge in [-0.2, -0.15) is 5.10 Å². The van der Waals surface area contributed by atoms with E-state index < -0.39 is 6.03 Å². The molecule has 0 radical (unpaired) electrons. The highest BCUT2D eigenvalue weighted by molar-refractivity contribution is 5.76. The molecule has 0 saturated carbocycles. The van der Waals surface area contributed by atoms with E-state index in [1.165, 1.54) is 5.01 Å². The van der Waals surface area contributed by atoms with Crippen LogP contribution in [-0.4, -0.2) is 23.3 Å². The van der Waals surface area contributed by atoms with Crippen LogP contribution in [0.4, 0.5) is 4.79 Å². The van der Waals surface area contributed by atoms with Crippen molar-refractivity contribution in [3.63, 3.8) is 0 Å². The van der Waals surface area contributed by atoms with E-state index in [4.69, 9.17) is 5.73 Å². The first-order valence-corrected chi connectivity index (χ1v) is 2.83. The number of primary amides is 1. The molecular weight excluding hydrogens is 118 g/mol. The van der Waals surface area contributed by atoms with E-state index >= 15 is 0 Å². The maximum absolute atomic E-state index is 10.4. The Labute approximate surface area is 53.3 Å². The number of carbonyl (C=O) groups is 1. The molecule has 1 heterocycles. The van der Waals surface area contributed by atoms with Crippen LogP contribution in [0.2, 0.25) is 0 Å². The van der Waals surface area contributed by atoms with Gasteiger partial charge in [0.25, 0.3) is 0 Å². The average molecular weight is 127 g/mol. The molecule has 0 aromatic carbocycles. The number of hydrazone groups is 1. The molecule has 1 aliphatic heterocycles. The Morgan fingerprint density at radius 3 is 2.89 bits per heavy atom. The van der Waals surface area contributed by atoms with Crippen molar-refractivity contribution in [1.29, 1.82) is 0 Å². The summed E-state index contributed by atoms with van der Waals surface area (Å²) in [6, 6.07) is -0.334. The number of amides is 2. The number of hydrogen-bond donors (Lipinski definition) is 1. The molecular formula is C5H9N3O. The molecule has 1 unspecified atom stereocenters. The second kappa shape index (κ2) is 2.05. The summed E-state index contributed by atoms with van der Waals surface area (Å²) in [5.74, 6) is 0. The molecule has 2 N–H and O–H groups in total. The molecule has 2 amide bonds. The summed E-state index contributed by atoms with van der Waals surface area (Å²) in [5.41, 5.74) is 4.96. The van der Waals surface area contributed by atoms with Gasteiger partial charge in [-0.3, -0.25) is 0 Å². The molecule has 0 spiro atoms. The summed E-state index contributed by atoms with van der Waals surface area (Å²) in [7, 11) is 0. The van der Waals surface area contributed by atoms with Crippen LogP contribution in [0, 0.1) is 0 Å². The van der Waals surface area contributed by atoms with Gasteiger partial charge < -0.3 is 5.73 Å². The Morgan fingerprint density at radius 2 is 2.67 bits per heavy atom. The predicted octanol–water partition coefficient (Wildman–Crippen LogP) is 0.145. The van der Waals surface area contributed by atoms with Crippen molar-refractivity contribution in [1.82, 2.24) is 5.01 Å². The van der Waals surface area contributed by atoms with Crippen molar-refractivity contribution in [3.05, 3.63) is 0 Å². The number of hydrogen-bond acceptors (Lipinski definition) is 2. The van der Waals surface area contributed by atoms with Gasteiger partial charge in [-0.1, -0.05) is 0 Å². The lowest BCUT2D eigenvalue weighted by atomic mass is 10.3. The number of rotatable bonds is 0. The molecule has 0 aromatic heterocycles. The molecule has 1 aliphatic rings. The zero-order valence-electron chi connectivity index (χ0n) is 5.24. The number of nitrogens with two attached hydrogens (primary N) is 1. The Balaban J connectivity index is 2.59. The summed E-state index contributed by atoms with van der Waals surface area (Å²) in [6.07, 6.45) is 2.50. The van der Waals surface area contributed by atoms with Gasteiger partial charge in [0.05, 0.1) is 6.04 Å². The molecule has 0 saturated heterocycles. The number of nitrogens with zero attached hydrogens (tertiary/aromatic N) is 2. The number of urea groups is 1. The van der Waals surface area contributed by atoms with Crippen LogP contribution in [0.5, 0.6) is 0 Å². The Bertz CT molecular complexity index is 154. The van der Waals surface area contributed by atoms with E-state index in [1.807, 2.05) is 6.92 Å². The lowest BCUT2D eigenvalue weighted by Crippen LogP contribution is -2.34. The van der Waals surface area contributed by atoms with Crippen LogP contribution in [0.25, 0.3) is 0 Å². The van der Waals surface area contributed by atoms with Gasteiger partial charge in [0, 0.05) is 12.6 Å². The normalized spacial score (nSPS) is 25.0. The third-order valence-corrected chi connectivity index (χ3v) is 1.30. The minimum Gasteiger partial charge on any atom is -0.350 e. The lowest BCUT2D eigenvalue weighted by molar-refractivity contribution is 0.200. The van der Waals surface area contributed by atoms with E-state index in [-0.39, 0.29) is 6.04 Å². The quantitative estimate of drug-likeness (QED) is 0.494. The van der Waals surface area contributed by atoms with Crippen molar-refractivity contribution in [2.75, 3.05) is 0 Å². The number of carbonyl (C=O) groups excluding carboxylic acids is 1. The zero-order chi connectivity index (χ0) is 6.85. The van der Waals surface area contributed by atoms with Gasteiger partial charge in [-0.05, 0) is 6.92 Å². The highest BCUT2D eigenvalue weighted by atomic mass is 16.2. The molecule has 1 atom stereocenters. The Hall–Kier alpha value is -1.06. The first-order valence-electron chi connectivity index (χ1n) is 2.83. The van der Waals surface area contributed by atoms with Crippen LogP contribution < -0.4 is 5.73 Å². The van der Waals surface area contributed by atoms with Crippen LogP contribution in [0.3, 0.4) is 0 Å². The SMILES string of the molecule is CC1CC=NN1C(N)=O. The van der Waals surface area contributed by atoms with Crippen LogP contribution in [0.15, 0.2) is 5.10 Å². The molecule has 4 heteroatoms. The van der Waals surface area contributed by atoms with Gasteiger partial charge in [0.15, 0.2) is 0 Å². The fourth-order valence-corrected chi connectivity index (χ4v) is 0.775. The molecule has 4 nitrogen and oxygen atoms in total. The van der Waals surface area contributed by atoms with Crippen LogP contribution in [0.1, 0.15) is 13.3 Å². The maximum atomic E-state index is 10.4. The van der Waals surface area contributed by atoms with Gasteiger partial charge in [0.1, 0.15) is 0 Å². The van der Waals surface area contributed by atoms with E-state index in [9.17, 15) is 4.79 Å². The third kappa shape index (κ3) is 1.01. The van der Waals surface area contributed by atoms with E-state index in [2.05, 4.69) is 5.10 Å². The minimum absolute atomic E-state index is 0.141. The van der Waals surface area contributed by atoms with E-state index in [1.54, 1.807) is 6.21 Å². The first kappa shape index (κ1) is 6.07. The molecule has 50 valence electrons. The van der Waals surface area contributed by atoms with Crippen LogP contribution >= 0.6 is 0 Å². The maximum Gasteiger partial charge on any atom is 0.335 e. The standard InChI is InChI=1S/C5H9N3O/c1-4-2-3-7-8(4)5(6)9/h3-4H,2H2,1H3,(H2,6,9). The Kier molecular flexibility index (Phi) is 1.38. The average Bonchev–Trinajstić information content (AvgIpc) is 2.13. The summed E-state index contributed by atoms with van der Waals surface area (Å²) < 4.78 is 0. The van der Waals surface area contributed by atoms with Crippen molar-refractivity contribution in [3.8, 4) is 0 Å². The zero-order valence-corrected chi connectivity index (χ0v) is 5.24. The molecule has 9 heavy (non-hydrogen) atoms. The minimum atomic E-state index is -0.476. The Morgan fingerprint density at radius 1 is 2.00 bits per heavy atom. The first-order chi connectivity index (χ1) is 4.22. The lowest BCUT2D eigenvalue weighted by Gasteiger charge is -2.13. The van der Waals surface area contributed by atoms with Gasteiger partial charge in [0.2, 0.25) is 0 Å². The second-order valence-electron chi connectivity index (χ2n) is 2.07. The van der Waals surface area contributed by atoms with Crippen molar-refractivity contribution >= 4 is 12.2 Å². The van der Waals surface area contributed by atoms with Gasteiger partial charge in [-0.15, -0.1) is 0 Å². The van der Waals surface area contributed by atoms with E-state index in [0.29, 0.717) is 0 Å². The molecule has 1 rings (SSSR count). The molecule has 0 fully saturated rings. The highest BCUT2D eigenvalue weighted by Crippen LogP contribution is 2.08. The third-order valence-electron chi connectivity index (χ3n) is 1.30. The second-order valence-corrected chi connectivity index (χ2v) is 2.07. The van der Waals surface area contributed by atoms with Crippen LogP contribution in [-0.2, 0) is 0 Å². The summed E-state index contributed by atoms with van der Waals surface area (Å²) >= 11 is 0. The highest BCUT2D eigenvalue weighted by Gasteiger charge is 2.19. The van der Waals surface area contributed by atoms with Gasteiger partial charge in [-0.25, -0.2) is 9.80 Å².